The predicted octanol–water partition coefficient (Wildman–Crippen LogP) is 1.77. The van der Waals surface area contributed by atoms with Crippen molar-refractivity contribution >= 4 is 0 Å². The number of benzene rings is 1. The SMILES string of the molecule is CC(C)(C)c1cccc(C2(O)CNC2)c1. The average Bonchev–Trinajstić information content (AvgIpc) is 2.13. The zero-order valence-corrected chi connectivity index (χ0v) is 9.67. The van der Waals surface area contributed by atoms with Crippen LogP contribution in [0.3, 0.4) is 0 Å². The van der Waals surface area contributed by atoms with Gasteiger partial charge in [0, 0.05) is 13.1 Å². The number of β-amino-alcohol motifs (C(OH)–C–C–N with tert-alkyl or cyclic N) is 1. The van der Waals surface area contributed by atoms with Crippen LogP contribution in [0.1, 0.15) is 31.9 Å². The highest BCUT2D eigenvalue weighted by Crippen LogP contribution is 2.29. The summed E-state index contributed by atoms with van der Waals surface area (Å²) in [5.41, 5.74) is 1.82. The van der Waals surface area contributed by atoms with E-state index in [1.54, 1.807) is 0 Å². The first-order valence-electron chi connectivity index (χ1n) is 5.46. The van der Waals surface area contributed by atoms with Crippen molar-refractivity contribution < 1.29 is 5.11 Å². The minimum atomic E-state index is -0.638. The Labute approximate surface area is 91.3 Å². The second-order valence-electron chi connectivity index (χ2n) is 5.47. The molecule has 0 aromatic heterocycles. The van der Waals surface area contributed by atoms with Crippen LogP contribution in [-0.4, -0.2) is 18.2 Å². The van der Waals surface area contributed by atoms with Gasteiger partial charge in [0.05, 0.1) is 0 Å². The number of aliphatic hydroxyl groups is 1. The molecule has 82 valence electrons. The van der Waals surface area contributed by atoms with Crippen LogP contribution >= 0.6 is 0 Å². The maximum atomic E-state index is 10.2. The van der Waals surface area contributed by atoms with Gasteiger partial charge in [-0.15, -0.1) is 0 Å². The molecule has 1 heterocycles. The molecule has 1 aromatic carbocycles. The smallest absolute Gasteiger partial charge is 0.114 e. The number of nitrogens with one attached hydrogen (secondary N) is 1. The molecular weight excluding hydrogens is 186 g/mol. The molecule has 2 nitrogen and oxygen atoms in total. The molecule has 0 aliphatic carbocycles. The lowest BCUT2D eigenvalue weighted by atomic mass is 9.81. The summed E-state index contributed by atoms with van der Waals surface area (Å²) < 4.78 is 0. The van der Waals surface area contributed by atoms with Crippen molar-refractivity contribution in [1.29, 1.82) is 0 Å². The number of rotatable bonds is 1. The van der Waals surface area contributed by atoms with Gasteiger partial charge in [0.2, 0.25) is 0 Å². The fourth-order valence-electron chi connectivity index (χ4n) is 1.84. The molecule has 2 heteroatoms. The summed E-state index contributed by atoms with van der Waals surface area (Å²) in [6.45, 7) is 7.90. The maximum absolute atomic E-state index is 10.2. The van der Waals surface area contributed by atoms with Crippen molar-refractivity contribution in [2.75, 3.05) is 13.1 Å². The Kier molecular flexibility index (Phi) is 2.36. The molecule has 0 atom stereocenters. The second-order valence-corrected chi connectivity index (χ2v) is 5.47. The Hall–Kier alpha value is -0.860. The normalized spacial score (nSPS) is 19.7. The van der Waals surface area contributed by atoms with Crippen LogP contribution in [0.4, 0.5) is 0 Å². The molecule has 1 saturated heterocycles. The first kappa shape index (κ1) is 10.7. The molecule has 0 unspecified atom stereocenters. The summed E-state index contributed by atoms with van der Waals surface area (Å²) in [5.74, 6) is 0. The van der Waals surface area contributed by atoms with Gasteiger partial charge in [0.1, 0.15) is 5.60 Å². The molecule has 1 aliphatic rings. The Morgan fingerprint density at radius 1 is 1.27 bits per heavy atom. The summed E-state index contributed by atoms with van der Waals surface area (Å²) in [7, 11) is 0. The van der Waals surface area contributed by atoms with E-state index in [2.05, 4.69) is 38.2 Å². The highest BCUT2D eigenvalue weighted by Gasteiger charge is 2.36. The monoisotopic (exact) mass is 205 g/mol. The number of hydrogen-bond acceptors (Lipinski definition) is 2. The van der Waals surface area contributed by atoms with Gasteiger partial charge in [-0.05, 0) is 16.5 Å². The molecular formula is C13H19NO. The highest BCUT2D eigenvalue weighted by atomic mass is 16.3. The molecule has 0 saturated carbocycles. The minimum Gasteiger partial charge on any atom is -0.382 e. The van der Waals surface area contributed by atoms with Gasteiger partial charge in [0.15, 0.2) is 0 Å². The van der Waals surface area contributed by atoms with E-state index >= 15 is 0 Å². The lowest BCUT2D eigenvalue weighted by Crippen LogP contribution is -2.56. The van der Waals surface area contributed by atoms with Crippen LogP contribution in [0.15, 0.2) is 24.3 Å². The summed E-state index contributed by atoms with van der Waals surface area (Å²) in [6.07, 6.45) is 0. The van der Waals surface area contributed by atoms with Gasteiger partial charge in [-0.1, -0.05) is 45.0 Å². The van der Waals surface area contributed by atoms with E-state index in [0.29, 0.717) is 13.1 Å². The van der Waals surface area contributed by atoms with Crippen LogP contribution in [-0.2, 0) is 11.0 Å². The van der Waals surface area contributed by atoms with Crippen molar-refractivity contribution in [3.8, 4) is 0 Å². The van der Waals surface area contributed by atoms with Crippen molar-refractivity contribution in [3.63, 3.8) is 0 Å². The van der Waals surface area contributed by atoms with Crippen LogP contribution in [0.5, 0.6) is 0 Å². The first-order valence-corrected chi connectivity index (χ1v) is 5.46. The Balaban J connectivity index is 2.35. The molecule has 0 amide bonds. The van der Waals surface area contributed by atoms with Crippen LogP contribution in [0, 0.1) is 0 Å². The summed E-state index contributed by atoms with van der Waals surface area (Å²) >= 11 is 0. The van der Waals surface area contributed by atoms with E-state index in [4.69, 9.17) is 0 Å². The third-order valence-electron chi connectivity index (χ3n) is 3.10. The fraction of sp³-hybridized carbons (Fsp3) is 0.538. The predicted molar refractivity (Wildman–Crippen MR) is 61.9 cm³/mol. The van der Waals surface area contributed by atoms with Gasteiger partial charge >= 0.3 is 0 Å². The molecule has 15 heavy (non-hydrogen) atoms. The Morgan fingerprint density at radius 2 is 1.93 bits per heavy atom. The third-order valence-corrected chi connectivity index (χ3v) is 3.10. The highest BCUT2D eigenvalue weighted by molar-refractivity contribution is 5.33. The molecule has 1 fully saturated rings. The van der Waals surface area contributed by atoms with Crippen molar-refractivity contribution in [1.82, 2.24) is 5.32 Å². The summed E-state index contributed by atoms with van der Waals surface area (Å²) in [6, 6.07) is 8.29. The fourth-order valence-corrected chi connectivity index (χ4v) is 1.84. The topological polar surface area (TPSA) is 32.3 Å². The van der Waals surface area contributed by atoms with Crippen LogP contribution in [0.25, 0.3) is 0 Å². The van der Waals surface area contributed by atoms with Crippen LogP contribution < -0.4 is 5.32 Å². The first-order chi connectivity index (χ1) is 6.92. The quantitative estimate of drug-likeness (QED) is 0.732. The van der Waals surface area contributed by atoms with Gasteiger partial charge in [-0.2, -0.15) is 0 Å². The molecule has 0 bridgehead atoms. The van der Waals surface area contributed by atoms with Gasteiger partial charge in [0.25, 0.3) is 0 Å². The van der Waals surface area contributed by atoms with Crippen molar-refractivity contribution in [2.45, 2.75) is 31.8 Å². The van der Waals surface area contributed by atoms with E-state index < -0.39 is 5.60 Å². The standard InChI is InChI=1S/C13H19NO/c1-12(2,3)10-5-4-6-11(7-10)13(15)8-14-9-13/h4-7,14-15H,8-9H2,1-3H3. The molecule has 1 aromatic rings. The van der Waals surface area contributed by atoms with Crippen LogP contribution in [0.2, 0.25) is 0 Å². The lowest BCUT2D eigenvalue weighted by molar-refractivity contribution is -0.0147. The van der Waals surface area contributed by atoms with Gasteiger partial charge in [-0.25, -0.2) is 0 Å². The van der Waals surface area contributed by atoms with Crippen molar-refractivity contribution in [3.05, 3.63) is 35.4 Å². The summed E-state index contributed by atoms with van der Waals surface area (Å²) in [5, 5.41) is 13.3. The zero-order valence-electron chi connectivity index (χ0n) is 9.67. The molecule has 1 aliphatic heterocycles. The van der Waals surface area contributed by atoms with Gasteiger partial charge in [-0.3, -0.25) is 0 Å². The summed E-state index contributed by atoms with van der Waals surface area (Å²) in [4.78, 5) is 0. The maximum Gasteiger partial charge on any atom is 0.114 e. The van der Waals surface area contributed by atoms with Gasteiger partial charge < -0.3 is 10.4 Å². The molecule has 0 spiro atoms. The lowest BCUT2D eigenvalue weighted by Gasteiger charge is -2.38. The molecule has 2 N–H and O–H groups in total. The van der Waals surface area contributed by atoms with E-state index in [-0.39, 0.29) is 5.41 Å². The number of hydrogen-bond donors (Lipinski definition) is 2. The minimum absolute atomic E-state index is 0.142. The second kappa shape index (κ2) is 3.32. The van der Waals surface area contributed by atoms with E-state index in [9.17, 15) is 5.11 Å². The molecule has 2 rings (SSSR count). The molecule has 0 radical (unpaired) electrons. The zero-order chi connectivity index (χ0) is 11.1. The Morgan fingerprint density at radius 3 is 2.40 bits per heavy atom. The average molecular weight is 205 g/mol. The van der Waals surface area contributed by atoms with E-state index in [1.807, 2.05) is 12.1 Å². The Bertz CT molecular complexity index is 361. The largest absolute Gasteiger partial charge is 0.382 e. The van der Waals surface area contributed by atoms with Crippen molar-refractivity contribution in [2.24, 2.45) is 0 Å². The van der Waals surface area contributed by atoms with E-state index in [1.165, 1.54) is 5.56 Å². The third kappa shape index (κ3) is 1.92. The van der Waals surface area contributed by atoms with E-state index in [0.717, 1.165) is 5.56 Å².